The molecule has 2 aromatic rings. The summed E-state index contributed by atoms with van der Waals surface area (Å²) in [6, 6.07) is 16.5. The van der Waals surface area contributed by atoms with E-state index in [2.05, 4.69) is 31.2 Å². The number of benzene rings is 2. The second kappa shape index (κ2) is 10.7. The molecule has 1 aliphatic rings. The van der Waals surface area contributed by atoms with Crippen LogP contribution in [-0.2, 0) is 6.42 Å². The highest BCUT2D eigenvalue weighted by atomic mass is 35.5. The van der Waals surface area contributed by atoms with Crippen LogP contribution in [0.5, 0.6) is 5.75 Å². The molecule has 1 fully saturated rings. The maximum atomic E-state index is 6.21. The lowest BCUT2D eigenvalue weighted by molar-refractivity contribution is -1.01. The molecule has 3 rings (SSSR count). The first-order chi connectivity index (χ1) is 13.2. The molecule has 0 radical (unpaired) electrons. The van der Waals surface area contributed by atoms with Gasteiger partial charge in [0.15, 0.2) is 0 Å². The first-order valence-corrected chi connectivity index (χ1v) is 10.7. The summed E-state index contributed by atoms with van der Waals surface area (Å²) in [5, 5.41) is 0.769. The van der Waals surface area contributed by atoms with E-state index in [0.29, 0.717) is 0 Å². The lowest BCUT2D eigenvalue weighted by Gasteiger charge is -2.28. The molecule has 1 aliphatic heterocycles. The fraction of sp³-hybridized carbons (Fsp3) is 0.478. The van der Waals surface area contributed by atoms with Crippen molar-refractivity contribution in [1.29, 1.82) is 0 Å². The van der Waals surface area contributed by atoms with E-state index in [-0.39, 0.29) is 0 Å². The lowest BCUT2D eigenvalue weighted by Crippen LogP contribution is -3.28. The van der Waals surface area contributed by atoms with E-state index >= 15 is 0 Å². The molecule has 0 amide bonds. The number of hydrogen-bond donors (Lipinski definition) is 2. The topological polar surface area (TPSA) is 18.1 Å². The van der Waals surface area contributed by atoms with Crippen LogP contribution in [0.15, 0.2) is 48.5 Å². The molecular formula is C23H33ClN2O+2. The third-order valence-corrected chi connectivity index (χ3v) is 5.84. The number of likely N-dealkylation sites (N-methyl/N-ethyl adjacent to an activating group) is 1. The van der Waals surface area contributed by atoms with Crippen LogP contribution >= 0.6 is 11.6 Å². The van der Waals surface area contributed by atoms with E-state index in [4.69, 9.17) is 16.3 Å². The number of piperazine rings is 1. The Kier molecular flexibility index (Phi) is 8.00. The van der Waals surface area contributed by atoms with Crippen molar-refractivity contribution < 1.29 is 14.5 Å². The van der Waals surface area contributed by atoms with Gasteiger partial charge < -0.3 is 14.5 Å². The van der Waals surface area contributed by atoms with Crippen molar-refractivity contribution in [2.75, 3.05) is 45.9 Å². The van der Waals surface area contributed by atoms with E-state index in [1.807, 2.05) is 24.3 Å². The number of hydrogen-bond acceptors (Lipinski definition) is 1. The van der Waals surface area contributed by atoms with Gasteiger partial charge in [-0.1, -0.05) is 41.9 Å². The number of halogens is 1. The van der Waals surface area contributed by atoms with Gasteiger partial charge in [0.1, 0.15) is 31.9 Å². The van der Waals surface area contributed by atoms with Gasteiger partial charge >= 0.3 is 0 Å². The highest BCUT2D eigenvalue weighted by Crippen LogP contribution is 2.25. The Morgan fingerprint density at radius 3 is 2.41 bits per heavy atom. The van der Waals surface area contributed by atoms with E-state index < -0.39 is 0 Å². The summed E-state index contributed by atoms with van der Waals surface area (Å²) < 4.78 is 6.12. The molecule has 1 heterocycles. The summed E-state index contributed by atoms with van der Waals surface area (Å²) in [4.78, 5) is 3.53. The van der Waals surface area contributed by atoms with Crippen molar-refractivity contribution in [3.05, 3.63) is 64.7 Å². The zero-order chi connectivity index (χ0) is 18.9. The lowest BCUT2D eigenvalue weighted by atomic mass is 10.0. The smallest absolute Gasteiger partial charge is 0.127 e. The van der Waals surface area contributed by atoms with Crippen LogP contribution < -0.4 is 14.5 Å². The summed E-state index contributed by atoms with van der Waals surface area (Å²) in [6.45, 7) is 10.9. The molecule has 0 aromatic heterocycles. The fourth-order valence-electron chi connectivity index (χ4n) is 3.86. The van der Waals surface area contributed by atoms with Gasteiger partial charge in [-0.05, 0) is 49.1 Å². The van der Waals surface area contributed by atoms with Gasteiger partial charge in [-0.2, -0.15) is 0 Å². The molecule has 0 aliphatic carbocycles. The zero-order valence-corrected chi connectivity index (χ0v) is 17.2. The average molecular weight is 389 g/mol. The predicted octanol–water partition coefficient (Wildman–Crippen LogP) is 1.89. The van der Waals surface area contributed by atoms with Gasteiger partial charge in [0.2, 0.25) is 0 Å². The highest BCUT2D eigenvalue weighted by molar-refractivity contribution is 6.30. The summed E-state index contributed by atoms with van der Waals surface area (Å²) >= 11 is 6.21. The first-order valence-electron chi connectivity index (χ1n) is 10.4. The molecule has 0 atom stereocenters. The van der Waals surface area contributed by atoms with Crippen LogP contribution in [0.25, 0.3) is 0 Å². The van der Waals surface area contributed by atoms with Crippen molar-refractivity contribution in [3.8, 4) is 5.75 Å². The monoisotopic (exact) mass is 388 g/mol. The van der Waals surface area contributed by atoms with Crippen LogP contribution in [0.1, 0.15) is 30.9 Å². The van der Waals surface area contributed by atoms with Gasteiger partial charge in [0.05, 0.1) is 19.7 Å². The van der Waals surface area contributed by atoms with Crippen LogP contribution in [0.3, 0.4) is 0 Å². The molecule has 0 saturated carbocycles. The normalized spacial score (nSPS) is 19.8. The predicted molar refractivity (Wildman–Crippen MR) is 112 cm³/mol. The van der Waals surface area contributed by atoms with Crippen LogP contribution in [0, 0.1) is 0 Å². The quantitative estimate of drug-likeness (QED) is 0.628. The van der Waals surface area contributed by atoms with E-state index in [9.17, 15) is 0 Å². The maximum absolute atomic E-state index is 6.21. The van der Waals surface area contributed by atoms with Gasteiger partial charge in [-0.3, -0.25) is 0 Å². The Morgan fingerprint density at radius 2 is 1.67 bits per heavy atom. The molecule has 0 bridgehead atoms. The molecular weight excluding hydrogens is 356 g/mol. The molecule has 146 valence electrons. The van der Waals surface area contributed by atoms with E-state index in [1.165, 1.54) is 51.3 Å². The van der Waals surface area contributed by atoms with Crippen molar-refractivity contribution in [2.24, 2.45) is 0 Å². The summed E-state index contributed by atoms with van der Waals surface area (Å²) in [5.74, 6) is 0.968. The van der Waals surface area contributed by atoms with E-state index in [1.54, 1.807) is 9.80 Å². The largest absolute Gasteiger partial charge is 0.493 e. The van der Waals surface area contributed by atoms with Crippen molar-refractivity contribution in [3.63, 3.8) is 0 Å². The Bertz CT molecular complexity index is 684. The van der Waals surface area contributed by atoms with E-state index in [0.717, 1.165) is 35.8 Å². The molecule has 0 unspecified atom stereocenters. The minimum atomic E-state index is 0.769. The highest BCUT2D eigenvalue weighted by Gasteiger charge is 2.20. The van der Waals surface area contributed by atoms with Gasteiger partial charge in [0.25, 0.3) is 0 Å². The minimum absolute atomic E-state index is 0.769. The Morgan fingerprint density at radius 1 is 0.926 bits per heavy atom. The third kappa shape index (κ3) is 6.53. The second-order valence-corrected chi connectivity index (χ2v) is 8.01. The Labute approximate surface area is 168 Å². The van der Waals surface area contributed by atoms with Gasteiger partial charge in [-0.25, -0.2) is 0 Å². The van der Waals surface area contributed by atoms with Gasteiger partial charge in [-0.15, -0.1) is 0 Å². The Balaban J connectivity index is 1.43. The van der Waals surface area contributed by atoms with Crippen LogP contribution in [-0.4, -0.2) is 45.9 Å². The third-order valence-electron chi connectivity index (χ3n) is 5.61. The molecule has 2 aromatic carbocycles. The van der Waals surface area contributed by atoms with Crippen LogP contribution in [0.4, 0.5) is 0 Å². The molecule has 3 nitrogen and oxygen atoms in total. The molecule has 4 heteroatoms. The molecule has 2 N–H and O–H groups in total. The Hall–Kier alpha value is -1.55. The number of unbranched alkanes of at least 4 members (excludes halogenated alkanes) is 1. The number of ether oxygens (including phenoxy) is 1. The van der Waals surface area contributed by atoms with Gasteiger partial charge in [0, 0.05) is 11.4 Å². The van der Waals surface area contributed by atoms with Crippen molar-refractivity contribution in [1.82, 2.24) is 0 Å². The van der Waals surface area contributed by atoms with Crippen molar-refractivity contribution >= 4 is 11.6 Å². The number of quaternary nitrogens is 2. The fourth-order valence-corrected chi connectivity index (χ4v) is 4.06. The second-order valence-electron chi connectivity index (χ2n) is 7.57. The number of nitrogens with one attached hydrogen (secondary N) is 2. The maximum Gasteiger partial charge on any atom is 0.127 e. The SMILES string of the molecule is CC[NH+]1CC[NH+](CCCCOc2ccc(Cl)cc2Cc2ccccc2)CC1. The molecule has 27 heavy (non-hydrogen) atoms. The summed E-state index contributed by atoms with van der Waals surface area (Å²) in [5.41, 5.74) is 2.44. The standard InChI is InChI=1S/C23H31ClN2O/c1-2-25-13-15-26(16-14-25)12-6-7-17-27-23-11-10-22(24)19-21(23)18-20-8-4-3-5-9-20/h3-5,8-11,19H,2,6-7,12-18H2,1H3/p+2. The molecule has 0 spiro atoms. The summed E-state index contributed by atoms with van der Waals surface area (Å²) in [7, 11) is 0. The van der Waals surface area contributed by atoms with Crippen molar-refractivity contribution in [2.45, 2.75) is 26.2 Å². The van der Waals surface area contributed by atoms with Crippen LogP contribution in [0.2, 0.25) is 5.02 Å². The summed E-state index contributed by atoms with van der Waals surface area (Å²) in [6.07, 6.45) is 3.20. The average Bonchev–Trinajstić information content (AvgIpc) is 2.70. The minimum Gasteiger partial charge on any atom is -0.493 e. The zero-order valence-electron chi connectivity index (χ0n) is 16.5. The number of rotatable bonds is 9. The first kappa shape index (κ1) is 20.2. The molecule has 1 saturated heterocycles.